The number of rotatable bonds is 2. The SMILES string of the molecule is CSC(=O)NC12CC3CC(CC(CO)(C3)C1)C2. The third kappa shape index (κ3) is 1.89. The summed E-state index contributed by atoms with van der Waals surface area (Å²) >= 11 is 1.27. The Balaban J connectivity index is 1.84. The molecule has 4 rings (SSSR count). The number of aliphatic hydroxyl groups is 1. The first-order chi connectivity index (χ1) is 8.09. The molecule has 4 bridgehead atoms. The van der Waals surface area contributed by atoms with Crippen molar-refractivity contribution in [2.24, 2.45) is 17.3 Å². The summed E-state index contributed by atoms with van der Waals surface area (Å²) in [6.45, 7) is 0.302. The molecule has 4 saturated carbocycles. The summed E-state index contributed by atoms with van der Waals surface area (Å²) in [5.74, 6) is 1.45. The number of thioether (sulfide) groups is 1. The Kier molecular flexibility index (Phi) is 2.71. The normalized spacial score (nSPS) is 47.2. The Morgan fingerprint density at radius 1 is 1.35 bits per heavy atom. The fraction of sp³-hybridized carbons (Fsp3) is 0.923. The van der Waals surface area contributed by atoms with Crippen LogP contribution in [-0.2, 0) is 0 Å². The van der Waals surface area contributed by atoms with Gasteiger partial charge in [-0.3, -0.25) is 4.79 Å². The van der Waals surface area contributed by atoms with Crippen LogP contribution in [0.1, 0.15) is 38.5 Å². The molecular weight excluding hydrogens is 234 g/mol. The van der Waals surface area contributed by atoms with Crippen molar-refractivity contribution >= 4 is 17.0 Å². The minimum Gasteiger partial charge on any atom is -0.396 e. The zero-order chi connectivity index (χ0) is 12.1. The van der Waals surface area contributed by atoms with Crippen molar-refractivity contribution in [2.75, 3.05) is 12.9 Å². The fourth-order valence-electron chi connectivity index (χ4n) is 5.05. The monoisotopic (exact) mass is 255 g/mol. The molecule has 0 aromatic rings. The summed E-state index contributed by atoms with van der Waals surface area (Å²) in [5.41, 5.74) is 0.128. The van der Waals surface area contributed by atoms with Crippen LogP contribution in [-0.4, -0.2) is 28.7 Å². The minimum atomic E-state index is 0.00685. The smallest absolute Gasteiger partial charge is 0.279 e. The van der Waals surface area contributed by atoms with E-state index >= 15 is 0 Å². The molecule has 0 aromatic heterocycles. The van der Waals surface area contributed by atoms with E-state index in [9.17, 15) is 9.90 Å². The summed E-state index contributed by atoms with van der Waals surface area (Å²) in [6, 6.07) is 0. The predicted octanol–water partition coefficient (Wildman–Crippen LogP) is 2.39. The van der Waals surface area contributed by atoms with Crippen molar-refractivity contribution in [2.45, 2.75) is 44.1 Å². The number of aliphatic hydroxyl groups excluding tert-OH is 1. The Bertz CT molecular complexity index is 330. The molecule has 0 spiro atoms. The number of amides is 1. The third-order valence-corrected chi connectivity index (χ3v) is 5.54. The molecule has 4 aliphatic carbocycles. The number of carbonyl (C=O) groups is 1. The molecule has 17 heavy (non-hydrogen) atoms. The molecule has 0 radical (unpaired) electrons. The first kappa shape index (κ1) is 11.8. The van der Waals surface area contributed by atoms with Crippen LogP contribution in [0.5, 0.6) is 0 Å². The lowest BCUT2D eigenvalue weighted by molar-refractivity contribution is -0.0988. The predicted molar refractivity (Wildman–Crippen MR) is 69.0 cm³/mol. The third-order valence-electron chi connectivity index (χ3n) is 5.07. The van der Waals surface area contributed by atoms with Crippen molar-refractivity contribution in [3.8, 4) is 0 Å². The van der Waals surface area contributed by atoms with E-state index in [2.05, 4.69) is 5.32 Å². The molecule has 1 amide bonds. The highest BCUT2D eigenvalue weighted by molar-refractivity contribution is 8.12. The highest BCUT2D eigenvalue weighted by atomic mass is 32.2. The zero-order valence-electron chi connectivity index (χ0n) is 10.4. The van der Waals surface area contributed by atoms with Gasteiger partial charge in [0.05, 0.1) is 0 Å². The number of hydrogen-bond acceptors (Lipinski definition) is 3. The first-order valence-corrected chi connectivity index (χ1v) is 7.78. The molecule has 4 fully saturated rings. The summed E-state index contributed by atoms with van der Waals surface area (Å²) in [4.78, 5) is 11.7. The molecule has 2 atom stereocenters. The molecular formula is C13H21NO2S. The largest absolute Gasteiger partial charge is 0.396 e. The van der Waals surface area contributed by atoms with Gasteiger partial charge >= 0.3 is 0 Å². The lowest BCUT2D eigenvalue weighted by Crippen LogP contribution is -2.63. The van der Waals surface area contributed by atoms with Crippen LogP contribution in [0.2, 0.25) is 0 Å². The van der Waals surface area contributed by atoms with E-state index < -0.39 is 0 Å². The highest BCUT2D eigenvalue weighted by Crippen LogP contribution is 2.61. The summed E-state index contributed by atoms with van der Waals surface area (Å²) in [6.07, 6.45) is 8.77. The van der Waals surface area contributed by atoms with Gasteiger partial charge in [0, 0.05) is 12.1 Å². The van der Waals surface area contributed by atoms with Gasteiger partial charge in [-0.25, -0.2) is 0 Å². The van der Waals surface area contributed by atoms with E-state index in [1.54, 1.807) is 0 Å². The molecule has 3 nitrogen and oxygen atoms in total. The molecule has 4 heteroatoms. The summed E-state index contributed by atoms with van der Waals surface area (Å²) in [5, 5.41) is 13.1. The molecule has 0 aliphatic heterocycles. The van der Waals surface area contributed by atoms with E-state index in [0.717, 1.165) is 31.1 Å². The van der Waals surface area contributed by atoms with Crippen LogP contribution in [0.3, 0.4) is 0 Å². The Morgan fingerprint density at radius 3 is 2.53 bits per heavy atom. The fourth-order valence-corrected chi connectivity index (χ4v) is 5.37. The van der Waals surface area contributed by atoms with Gasteiger partial charge in [-0.05, 0) is 62.0 Å². The van der Waals surface area contributed by atoms with E-state index in [-0.39, 0.29) is 16.2 Å². The lowest BCUT2D eigenvalue weighted by Gasteiger charge is -2.61. The average Bonchev–Trinajstić information content (AvgIpc) is 2.26. The van der Waals surface area contributed by atoms with Crippen molar-refractivity contribution in [1.29, 1.82) is 0 Å². The maximum atomic E-state index is 11.7. The quantitative estimate of drug-likeness (QED) is 0.796. The van der Waals surface area contributed by atoms with Crippen molar-refractivity contribution in [1.82, 2.24) is 5.32 Å². The summed E-state index contributed by atoms with van der Waals surface area (Å²) in [7, 11) is 0. The van der Waals surface area contributed by atoms with Crippen molar-refractivity contribution in [3.05, 3.63) is 0 Å². The van der Waals surface area contributed by atoms with E-state index in [0.29, 0.717) is 6.61 Å². The van der Waals surface area contributed by atoms with Crippen LogP contribution in [0.4, 0.5) is 4.79 Å². The standard InChI is InChI=1S/C13H21NO2S/c1-17-11(16)14-13-5-9-2-10(6-13)4-12(3-9,7-13)8-15/h9-10,15H,2-8H2,1H3,(H,14,16). The van der Waals surface area contributed by atoms with Gasteiger partial charge in [0.25, 0.3) is 5.24 Å². The van der Waals surface area contributed by atoms with Crippen LogP contribution < -0.4 is 5.32 Å². The van der Waals surface area contributed by atoms with Crippen LogP contribution in [0.25, 0.3) is 0 Å². The van der Waals surface area contributed by atoms with Crippen molar-refractivity contribution in [3.63, 3.8) is 0 Å². The van der Waals surface area contributed by atoms with Gasteiger partial charge < -0.3 is 10.4 Å². The topological polar surface area (TPSA) is 49.3 Å². The van der Waals surface area contributed by atoms with E-state index in [1.165, 1.54) is 31.0 Å². The van der Waals surface area contributed by atoms with Gasteiger partial charge in [0.15, 0.2) is 0 Å². The maximum Gasteiger partial charge on any atom is 0.279 e. The molecule has 0 heterocycles. The summed E-state index contributed by atoms with van der Waals surface area (Å²) < 4.78 is 0. The first-order valence-electron chi connectivity index (χ1n) is 6.56. The van der Waals surface area contributed by atoms with Gasteiger partial charge in [0.2, 0.25) is 0 Å². The Morgan fingerprint density at radius 2 is 2.00 bits per heavy atom. The average molecular weight is 255 g/mol. The lowest BCUT2D eigenvalue weighted by atomic mass is 9.47. The number of nitrogens with one attached hydrogen (secondary N) is 1. The van der Waals surface area contributed by atoms with Crippen LogP contribution in [0, 0.1) is 17.3 Å². The van der Waals surface area contributed by atoms with E-state index in [4.69, 9.17) is 0 Å². The van der Waals surface area contributed by atoms with Crippen molar-refractivity contribution < 1.29 is 9.90 Å². The Hall–Kier alpha value is -0.220. The molecule has 0 aromatic carbocycles. The minimum absolute atomic E-state index is 0.00685. The van der Waals surface area contributed by atoms with Gasteiger partial charge in [-0.15, -0.1) is 0 Å². The second kappa shape index (κ2) is 3.89. The number of carbonyl (C=O) groups excluding carboxylic acids is 1. The van der Waals surface area contributed by atoms with Gasteiger partial charge in [0.1, 0.15) is 0 Å². The second-order valence-corrected chi connectivity index (χ2v) is 7.30. The zero-order valence-corrected chi connectivity index (χ0v) is 11.2. The van der Waals surface area contributed by atoms with Crippen LogP contribution in [0.15, 0.2) is 0 Å². The maximum absolute atomic E-state index is 11.7. The highest BCUT2D eigenvalue weighted by Gasteiger charge is 2.57. The molecule has 2 unspecified atom stereocenters. The van der Waals surface area contributed by atoms with Gasteiger partial charge in [-0.1, -0.05) is 11.8 Å². The van der Waals surface area contributed by atoms with E-state index in [1.807, 2.05) is 6.26 Å². The molecule has 0 saturated heterocycles. The molecule has 4 aliphatic rings. The van der Waals surface area contributed by atoms with Gasteiger partial charge in [-0.2, -0.15) is 0 Å². The molecule has 2 N–H and O–H groups in total. The molecule has 96 valence electrons. The second-order valence-electron chi connectivity index (χ2n) is 6.52. The van der Waals surface area contributed by atoms with Crippen LogP contribution >= 0.6 is 11.8 Å². The Labute approximate surface area is 107 Å². The number of hydrogen-bond donors (Lipinski definition) is 2.